The van der Waals surface area contributed by atoms with Crippen molar-refractivity contribution in [1.29, 1.82) is 0 Å². The molecule has 2 rings (SSSR count). The molecule has 1 saturated heterocycles. The molecule has 0 amide bonds. The van der Waals surface area contributed by atoms with E-state index in [1.54, 1.807) is 4.68 Å². The Labute approximate surface area is 114 Å². The average molecular weight is 272 g/mol. The Bertz CT molecular complexity index is 399. The van der Waals surface area contributed by atoms with E-state index in [4.69, 9.17) is 16.3 Å². The first-order chi connectivity index (χ1) is 8.59. The lowest BCUT2D eigenvalue weighted by Gasteiger charge is -2.28. The summed E-state index contributed by atoms with van der Waals surface area (Å²) in [5.74, 6) is 0.703. The molecule has 1 N–H and O–H groups in total. The van der Waals surface area contributed by atoms with Crippen molar-refractivity contribution in [2.24, 2.45) is 13.0 Å². The van der Waals surface area contributed by atoms with Gasteiger partial charge in [0.15, 0.2) is 0 Å². The van der Waals surface area contributed by atoms with Crippen LogP contribution in [0.2, 0.25) is 5.15 Å². The number of ether oxygens (including phenoxy) is 1. The molecule has 1 unspecified atom stereocenters. The lowest BCUT2D eigenvalue weighted by molar-refractivity contribution is 0.0558. The smallest absolute Gasteiger partial charge is 0.131 e. The van der Waals surface area contributed by atoms with Gasteiger partial charge >= 0.3 is 0 Å². The fraction of sp³-hybridized carbons (Fsp3) is 0.769. The molecule has 0 radical (unpaired) electrons. The highest BCUT2D eigenvalue weighted by Crippen LogP contribution is 2.21. The highest BCUT2D eigenvalue weighted by Gasteiger charge is 2.21. The third kappa shape index (κ3) is 3.05. The zero-order valence-electron chi connectivity index (χ0n) is 11.4. The molecule has 1 aromatic heterocycles. The maximum absolute atomic E-state index is 6.22. The van der Waals surface area contributed by atoms with Crippen LogP contribution in [0.5, 0.6) is 0 Å². The van der Waals surface area contributed by atoms with Gasteiger partial charge in [0.2, 0.25) is 0 Å². The predicted molar refractivity (Wildman–Crippen MR) is 72.8 cm³/mol. The van der Waals surface area contributed by atoms with Crippen molar-refractivity contribution < 1.29 is 4.74 Å². The molecule has 1 fully saturated rings. The molecule has 0 saturated carbocycles. The average Bonchev–Trinajstić information content (AvgIpc) is 2.62. The van der Waals surface area contributed by atoms with Gasteiger partial charge in [-0.1, -0.05) is 11.6 Å². The molecule has 5 heteroatoms. The second-order valence-corrected chi connectivity index (χ2v) is 5.46. The second kappa shape index (κ2) is 6.04. The summed E-state index contributed by atoms with van der Waals surface area (Å²) in [6.07, 6.45) is 2.29. The van der Waals surface area contributed by atoms with Gasteiger partial charge in [-0.3, -0.25) is 4.68 Å². The van der Waals surface area contributed by atoms with Crippen molar-refractivity contribution in [3.05, 3.63) is 16.4 Å². The predicted octanol–water partition coefficient (Wildman–Crippen LogP) is 2.29. The Balaban J connectivity index is 1.90. The third-order valence-electron chi connectivity index (χ3n) is 3.84. The maximum Gasteiger partial charge on any atom is 0.131 e. The Hall–Kier alpha value is -0.580. The van der Waals surface area contributed by atoms with Gasteiger partial charge in [0, 0.05) is 38.4 Å². The van der Waals surface area contributed by atoms with Gasteiger partial charge in [-0.05, 0) is 32.6 Å². The molecule has 2 heterocycles. The topological polar surface area (TPSA) is 39.1 Å². The Morgan fingerprint density at radius 3 is 2.72 bits per heavy atom. The maximum atomic E-state index is 6.22. The number of hydrogen-bond acceptors (Lipinski definition) is 3. The third-order valence-corrected chi connectivity index (χ3v) is 4.32. The molecule has 1 aliphatic heterocycles. The zero-order chi connectivity index (χ0) is 13.1. The molecule has 0 spiro atoms. The number of rotatable bonds is 4. The molecule has 0 bridgehead atoms. The van der Waals surface area contributed by atoms with Crippen LogP contribution < -0.4 is 5.32 Å². The van der Waals surface area contributed by atoms with Crippen LogP contribution in [0.3, 0.4) is 0 Å². The lowest BCUT2D eigenvalue weighted by atomic mass is 9.93. The summed E-state index contributed by atoms with van der Waals surface area (Å²) in [4.78, 5) is 0. The number of aromatic nitrogens is 2. The number of nitrogens with one attached hydrogen (secondary N) is 1. The van der Waals surface area contributed by atoms with E-state index in [-0.39, 0.29) is 0 Å². The normalized spacial score (nSPS) is 19.1. The quantitative estimate of drug-likeness (QED) is 0.913. The number of hydrogen-bond donors (Lipinski definition) is 1. The summed E-state index contributed by atoms with van der Waals surface area (Å²) >= 11 is 6.22. The van der Waals surface area contributed by atoms with E-state index in [0.29, 0.717) is 12.0 Å². The van der Waals surface area contributed by atoms with Crippen molar-refractivity contribution in [1.82, 2.24) is 15.1 Å². The summed E-state index contributed by atoms with van der Waals surface area (Å²) in [5.41, 5.74) is 2.12. The first-order valence-corrected chi connectivity index (χ1v) is 6.96. The van der Waals surface area contributed by atoms with Crippen LogP contribution in [0.25, 0.3) is 0 Å². The van der Waals surface area contributed by atoms with E-state index in [1.165, 1.54) is 0 Å². The molecule has 4 nitrogen and oxygen atoms in total. The molecular weight excluding hydrogens is 250 g/mol. The van der Waals surface area contributed by atoms with Crippen LogP contribution in [0.4, 0.5) is 0 Å². The molecule has 1 aliphatic rings. The number of halogens is 1. The molecule has 1 atom stereocenters. The molecule has 102 valence electrons. The van der Waals surface area contributed by atoms with Crippen LogP contribution in [0, 0.1) is 12.8 Å². The van der Waals surface area contributed by atoms with Crippen molar-refractivity contribution in [2.45, 2.75) is 39.3 Å². The molecule has 18 heavy (non-hydrogen) atoms. The minimum atomic E-state index is 0.490. The number of nitrogens with zero attached hydrogens (tertiary/aromatic N) is 2. The SMILES string of the molecule is Cc1nn(C)c(Cl)c1CNC(C)C1CCOCC1. The van der Waals surface area contributed by atoms with Crippen LogP contribution in [0.1, 0.15) is 31.0 Å². The van der Waals surface area contributed by atoms with Crippen LogP contribution in [0.15, 0.2) is 0 Å². The summed E-state index contributed by atoms with van der Waals surface area (Å²) in [6.45, 7) is 6.82. The standard InChI is InChI=1S/C13H22ClN3O/c1-9(11-4-6-18-7-5-11)15-8-12-10(2)16-17(3)13(12)14/h9,11,15H,4-8H2,1-3H3. The van der Waals surface area contributed by atoms with Crippen molar-refractivity contribution in [3.63, 3.8) is 0 Å². The minimum Gasteiger partial charge on any atom is -0.381 e. The van der Waals surface area contributed by atoms with Crippen molar-refractivity contribution in [3.8, 4) is 0 Å². The van der Waals surface area contributed by atoms with E-state index in [9.17, 15) is 0 Å². The monoisotopic (exact) mass is 271 g/mol. The first-order valence-electron chi connectivity index (χ1n) is 6.58. The van der Waals surface area contributed by atoms with Gasteiger partial charge in [-0.2, -0.15) is 5.10 Å². The second-order valence-electron chi connectivity index (χ2n) is 5.10. The fourth-order valence-corrected chi connectivity index (χ4v) is 2.76. The van der Waals surface area contributed by atoms with Crippen LogP contribution in [-0.2, 0) is 18.3 Å². The Morgan fingerprint density at radius 1 is 1.50 bits per heavy atom. The van der Waals surface area contributed by atoms with Crippen LogP contribution in [-0.4, -0.2) is 29.0 Å². The van der Waals surface area contributed by atoms with E-state index in [2.05, 4.69) is 17.3 Å². The van der Waals surface area contributed by atoms with Gasteiger partial charge < -0.3 is 10.1 Å². The highest BCUT2D eigenvalue weighted by molar-refractivity contribution is 6.30. The minimum absolute atomic E-state index is 0.490. The Kier molecular flexibility index (Phi) is 4.65. The van der Waals surface area contributed by atoms with Gasteiger partial charge in [-0.15, -0.1) is 0 Å². The largest absolute Gasteiger partial charge is 0.381 e. The van der Waals surface area contributed by atoms with Crippen LogP contribution >= 0.6 is 11.6 Å². The highest BCUT2D eigenvalue weighted by atomic mass is 35.5. The molecular formula is C13H22ClN3O. The fourth-order valence-electron chi connectivity index (χ4n) is 2.52. The Morgan fingerprint density at radius 2 is 2.17 bits per heavy atom. The van der Waals surface area contributed by atoms with Gasteiger partial charge in [0.1, 0.15) is 5.15 Å². The van der Waals surface area contributed by atoms with Gasteiger partial charge in [0.25, 0.3) is 0 Å². The molecule has 1 aromatic rings. The van der Waals surface area contributed by atoms with E-state index in [1.807, 2.05) is 14.0 Å². The van der Waals surface area contributed by atoms with Crippen molar-refractivity contribution >= 4 is 11.6 Å². The van der Waals surface area contributed by atoms with E-state index >= 15 is 0 Å². The summed E-state index contributed by atoms with van der Waals surface area (Å²) in [6, 6.07) is 0.490. The van der Waals surface area contributed by atoms with E-state index < -0.39 is 0 Å². The summed E-state index contributed by atoms with van der Waals surface area (Å²) in [5, 5.41) is 8.63. The van der Waals surface area contributed by atoms with Crippen molar-refractivity contribution in [2.75, 3.05) is 13.2 Å². The van der Waals surface area contributed by atoms with E-state index in [0.717, 1.165) is 49.0 Å². The molecule has 0 aliphatic carbocycles. The first kappa shape index (κ1) is 13.8. The van der Waals surface area contributed by atoms with Gasteiger partial charge in [0.05, 0.1) is 5.69 Å². The zero-order valence-corrected chi connectivity index (χ0v) is 12.1. The summed E-state index contributed by atoms with van der Waals surface area (Å²) in [7, 11) is 1.88. The van der Waals surface area contributed by atoms with Gasteiger partial charge in [-0.25, -0.2) is 0 Å². The summed E-state index contributed by atoms with van der Waals surface area (Å²) < 4.78 is 7.12. The lowest BCUT2D eigenvalue weighted by Crippen LogP contribution is -2.36. The number of aryl methyl sites for hydroxylation is 2. The molecule has 0 aromatic carbocycles.